The normalized spacial score (nSPS) is 13.0. The molecular formula is C15H22N2O2. The summed E-state index contributed by atoms with van der Waals surface area (Å²) in [6, 6.07) is 3.75. The molecule has 0 aliphatic carbocycles. The van der Waals surface area contributed by atoms with Crippen molar-refractivity contribution in [1.82, 2.24) is 4.98 Å². The van der Waals surface area contributed by atoms with Crippen molar-refractivity contribution in [3.8, 4) is 5.88 Å². The fourth-order valence-electron chi connectivity index (χ4n) is 1.51. The summed E-state index contributed by atoms with van der Waals surface area (Å²) < 4.78 is 5.55. The first-order valence-corrected chi connectivity index (χ1v) is 6.43. The van der Waals surface area contributed by atoms with Crippen LogP contribution in [0.2, 0.25) is 0 Å². The highest BCUT2D eigenvalue weighted by Gasteiger charge is 2.12. The van der Waals surface area contributed by atoms with Gasteiger partial charge in [-0.25, -0.2) is 4.98 Å². The first kappa shape index (κ1) is 15.4. The van der Waals surface area contributed by atoms with Gasteiger partial charge in [0.05, 0.1) is 17.9 Å². The summed E-state index contributed by atoms with van der Waals surface area (Å²) >= 11 is 0. The van der Waals surface area contributed by atoms with Crippen LogP contribution in [-0.4, -0.2) is 28.5 Å². The average Bonchev–Trinajstić information content (AvgIpc) is 2.35. The predicted molar refractivity (Wildman–Crippen MR) is 78.5 cm³/mol. The van der Waals surface area contributed by atoms with Gasteiger partial charge < -0.3 is 9.84 Å². The molecule has 0 saturated carbocycles. The molecule has 4 heteroatoms. The zero-order valence-corrected chi connectivity index (χ0v) is 12.1. The average molecular weight is 262 g/mol. The van der Waals surface area contributed by atoms with Crippen LogP contribution in [0.25, 0.3) is 5.70 Å². The van der Waals surface area contributed by atoms with E-state index in [1.165, 1.54) is 0 Å². The Kier molecular flexibility index (Phi) is 5.70. The van der Waals surface area contributed by atoms with Gasteiger partial charge in [0.25, 0.3) is 0 Å². The van der Waals surface area contributed by atoms with E-state index in [4.69, 9.17) is 4.74 Å². The second-order valence-electron chi connectivity index (χ2n) is 4.85. The van der Waals surface area contributed by atoms with E-state index in [1.54, 1.807) is 26.3 Å². The number of nitrogens with zero attached hydrogens (tertiary/aromatic N) is 2. The number of ether oxygens (including phenoxy) is 1. The Morgan fingerprint density at radius 1 is 1.47 bits per heavy atom. The second-order valence-corrected chi connectivity index (χ2v) is 4.85. The molecule has 0 fully saturated rings. The van der Waals surface area contributed by atoms with Crippen LogP contribution in [-0.2, 0) is 0 Å². The molecule has 0 aliphatic rings. The number of rotatable bonds is 6. The minimum atomic E-state index is -0.724. The molecule has 0 amide bonds. The molecule has 0 atom stereocenters. The quantitative estimate of drug-likeness (QED) is 0.802. The van der Waals surface area contributed by atoms with Gasteiger partial charge in [-0.1, -0.05) is 6.08 Å². The number of aliphatic hydroxyl groups is 1. The first-order chi connectivity index (χ1) is 8.96. The fourth-order valence-corrected chi connectivity index (χ4v) is 1.51. The number of aromatic nitrogens is 1. The first-order valence-electron chi connectivity index (χ1n) is 6.43. The summed E-state index contributed by atoms with van der Waals surface area (Å²) in [4.78, 5) is 8.44. The van der Waals surface area contributed by atoms with Crippen LogP contribution < -0.4 is 4.74 Å². The summed E-state index contributed by atoms with van der Waals surface area (Å²) in [6.07, 6.45) is 5.95. The Balaban J connectivity index is 2.72. The SMILES string of the molecule is CC=N/C(=C\C)c1ccnc(OCCC(C)(C)O)c1. The molecule has 4 nitrogen and oxygen atoms in total. The van der Waals surface area contributed by atoms with Crippen molar-refractivity contribution in [3.05, 3.63) is 30.0 Å². The Labute approximate surface area is 114 Å². The van der Waals surface area contributed by atoms with Crippen LogP contribution >= 0.6 is 0 Å². The smallest absolute Gasteiger partial charge is 0.213 e. The van der Waals surface area contributed by atoms with Crippen LogP contribution in [0.3, 0.4) is 0 Å². The van der Waals surface area contributed by atoms with Crippen LogP contribution in [0.5, 0.6) is 5.88 Å². The molecule has 104 valence electrons. The molecule has 0 unspecified atom stereocenters. The fraction of sp³-hybridized carbons (Fsp3) is 0.467. The molecule has 1 heterocycles. The molecule has 1 rings (SSSR count). The highest BCUT2D eigenvalue weighted by atomic mass is 16.5. The van der Waals surface area contributed by atoms with Crippen LogP contribution in [0.1, 0.15) is 39.7 Å². The van der Waals surface area contributed by atoms with E-state index >= 15 is 0 Å². The summed E-state index contributed by atoms with van der Waals surface area (Å²) in [6.45, 7) is 7.77. The molecule has 0 aliphatic heterocycles. The lowest BCUT2D eigenvalue weighted by Crippen LogP contribution is -2.21. The minimum Gasteiger partial charge on any atom is -0.478 e. The lowest BCUT2D eigenvalue weighted by atomic mass is 10.1. The number of allylic oxidation sites excluding steroid dienone is 1. The van der Waals surface area contributed by atoms with Crippen molar-refractivity contribution in [2.45, 2.75) is 39.7 Å². The molecule has 1 N–H and O–H groups in total. The summed E-state index contributed by atoms with van der Waals surface area (Å²) in [5, 5.41) is 9.62. The Morgan fingerprint density at radius 2 is 2.21 bits per heavy atom. The molecule has 0 spiro atoms. The molecule has 1 aromatic rings. The maximum absolute atomic E-state index is 9.62. The lowest BCUT2D eigenvalue weighted by Gasteiger charge is -2.16. The van der Waals surface area contributed by atoms with Crippen LogP contribution in [0.15, 0.2) is 29.4 Å². The molecular weight excluding hydrogens is 240 g/mol. The minimum absolute atomic E-state index is 0.433. The topological polar surface area (TPSA) is 54.7 Å². The van der Waals surface area contributed by atoms with Crippen LogP contribution in [0, 0.1) is 0 Å². The highest BCUT2D eigenvalue weighted by Crippen LogP contribution is 2.19. The van der Waals surface area contributed by atoms with Crippen molar-refractivity contribution in [2.24, 2.45) is 4.99 Å². The van der Waals surface area contributed by atoms with E-state index in [-0.39, 0.29) is 0 Å². The van der Waals surface area contributed by atoms with Gasteiger partial charge in [0.1, 0.15) is 0 Å². The van der Waals surface area contributed by atoms with E-state index in [1.807, 2.05) is 32.1 Å². The van der Waals surface area contributed by atoms with E-state index in [9.17, 15) is 5.11 Å². The summed E-state index contributed by atoms with van der Waals surface area (Å²) in [5.74, 6) is 0.549. The monoisotopic (exact) mass is 262 g/mol. The van der Waals surface area contributed by atoms with Gasteiger partial charge in [0, 0.05) is 30.5 Å². The standard InChI is InChI=1S/C15H22N2O2/c1-5-13(16-6-2)12-7-9-17-14(11-12)19-10-8-15(3,4)18/h5-7,9,11,18H,8,10H2,1-4H3/b13-5-,16-6?. The molecule has 19 heavy (non-hydrogen) atoms. The molecule has 0 bridgehead atoms. The van der Waals surface area contributed by atoms with Gasteiger partial charge in [0.15, 0.2) is 0 Å². The third-order valence-electron chi connectivity index (χ3n) is 2.54. The molecule has 0 aromatic carbocycles. The van der Waals surface area contributed by atoms with E-state index in [0.717, 1.165) is 11.3 Å². The van der Waals surface area contributed by atoms with Gasteiger partial charge >= 0.3 is 0 Å². The predicted octanol–water partition coefficient (Wildman–Crippen LogP) is 3.07. The number of hydrogen-bond donors (Lipinski definition) is 1. The Bertz CT molecular complexity index is 459. The molecule has 0 radical (unpaired) electrons. The second kappa shape index (κ2) is 7.04. The molecule has 1 aromatic heterocycles. The van der Waals surface area contributed by atoms with Crippen molar-refractivity contribution >= 4 is 11.9 Å². The van der Waals surface area contributed by atoms with Gasteiger partial charge in [-0.2, -0.15) is 0 Å². The zero-order chi connectivity index (χ0) is 14.3. The third-order valence-corrected chi connectivity index (χ3v) is 2.54. The Hall–Kier alpha value is -1.68. The van der Waals surface area contributed by atoms with Gasteiger partial charge in [-0.15, -0.1) is 0 Å². The number of pyridine rings is 1. The number of aliphatic imine (C=N–C) groups is 1. The van der Waals surface area contributed by atoms with Crippen molar-refractivity contribution < 1.29 is 9.84 Å². The van der Waals surface area contributed by atoms with E-state index in [2.05, 4.69) is 9.98 Å². The molecule has 0 saturated heterocycles. The van der Waals surface area contributed by atoms with Gasteiger partial charge in [-0.05, 0) is 33.8 Å². The lowest BCUT2D eigenvalue weighted by molar-refractivity contribution is 0.0547. The van der Waals surface area contributed by atoms with Crippen molar-refractivity contribution in [3.63, 3.8) is 0 Å². The third kappa shape index (κ3) is 5.66. The zero-order valence-electron chi connectivity index (χ0n) is 12.1. The van der Waals surface area contributed by atoms with Gasteiger partial charge in [-0.3, -0.25) is 4.99 Å². The maximum Gasteiger partial charge on any atom is 0.213 e. The highest BCUT2D eigenvalue weighted by molar-refractivity contribution is 5.72. The van der Waals surface area contributed by atoms with E-state index in [0.29, 0.717) is 18.9 Å². The van der Waals surface area contributed by atoms with Crippen molar-refractivity contribution in [1.29, 1.82) is 0 Å². The largest absolute Gasteiger partial charge is 0.478 e. The number of hydrogen-bond acceptors (Lipinski definition) is 4. The summed E-state index contributed by atoms with van der Waals surface area (Å²) in [5.41, 5.74) is 1.13. The van der Waals surface area contributed by atoms with Crippen molar-refractivity contribution in [2.75, 3.05) is 6.61 Å². The maximum atomic E-state index is 9.62. The Morgan fingerprint density at radius 3 is 2.79 bits per heavy atom. The van der Waals surface area contributed by atoms with Crippen LogP contribution in [0.4, 0.5) is 0 Å². The summed E-state index contributed by atoms with van der Waals surface area (Å²) in [7, 11) is 0. The van der Waals surface area contributed by atoms with Gasteiger partial charge in [0.2, 0.25) is 5.88 Å². The van der Waals surface area contributed by atoms with E-state index < -0.39 is 5.60 Å².